The first-order valence-electron chi connectivity index (χ1n) is 9.22. The molecule has 1 atom stereocenters. The molecule has 1 N–H and O–H groups in total. The topological polar surface area (TPSA) is 75.6 Å². The first-order valence-corrected chi connectivity index (χ1v) is 9.22. The Bertz CT molecular complexity index is 350. The average Bonchev–Trinajstić information content (AvgIpc) is 2.53. The molecule has 0 amide bonds. The van der Waals surface area contributed by atoms with E-state index in [1.165, 1.54) is 0 Å². The molecule has 2 heterocycles. The van der Waals surface area contributed by atoms with Crippen molar-refractivity contribution in [3.8, 4) is 0 Å². The maximum absolute atomic E-state index is 9.79. The summed E-state index contributed by atoms with van der Waals surface area (Å²) in [6, 6.07) is 0. The molecule has 0 aromatic rings. The number of aliphatic hydroxyl groups is 1. The van der Waals surface area contributed by atoms with Gasteiger partial charge in [0.1, 0.15) is 6.10 Å². The van der Waals surface area contributed by atoms with E-state index < -0.39 is 6.10 Å². The normalized spacial score (nSPS) is 22.2. The van der Waals surface area contributed by atoms with E-state index in [9.17, 15) is 5.11 Å². The lowest BCUT2D eigenvalue weighted by molar-refractivity contribution is -0.153. The van der Waals surface area contributed by atoms with Gasteiger partial charge in [-0.05, 0) is 6.42 Å². The van der Waals surface area contributed by atoms with Crippen LogP contribution in [-0.2, 0) is 28.4 Å². The standard InChI is InChI=1S/C18H34O7/c1-3-18(14-25-15-18)13-22-7-5-20-4-6-21-8-16(19)9-23-10-17(2)11-24-12-17/h16,19H,3-15H2,1-2H3. The lowest BCUT2D eigenvalue weighted by Crippen LogP contribution is -2.45. The molecule has 25 heavy (non-hydrogen) atoms. The molecule has 2 saturated heterocycles. The van der Waals surface area contributed by atoms with Gasteiger partial charge in [0.25, 0.3) is 0 Å². The van der Waals surface area contributed by atoms with Crippen molar-refractivity contribution in [2.24, 2.45) is 10.8 Å². The van der Waals surface area contributed by atoms with E-state index in [1.54, 1.807) is 0 Å². The number of hydrogen-bond donors (Lipinski definition) is 1. The van der Waals surface area contributed by atoms with E-state index in [0.29, 0.717) is 33.0 Å². The zero-order valence-electron chi connectivity index (χ0n) is 15.7. The predicted octanol–water partition coefficient (Wildman–Crippen LogP) is 0.877. The van der Waals surface area contributed by atoms with Crippen molar-refractivity contribution >= 4 is 0 Å². The first-order chi connectivity index (χ1) is 12.1. The Balaban J connectivity index is 1.32. The molecular formula is C18H34O7. The highest BCUT2D eigenvalue weighted by atomic mass is 16.6. The summed E-state index contributed by atoms with van der Waals surface area (Å²) in [4.78, 5) is 0. The molecule has 148 valence electrons. The lowest BCUT2D eigenvalue weighted by Gasteiger charge is -2.40. The number of aliphatic hydroxyl groups excluding tert-OH is 1. The van der Waals surface area contributed by atoms with Gasteiger partial charge in [-0.2, -0.15) is 0 Å². The van der Waals surface area contributed by atoms with Gasteiger partial charge in [-0.25, -0.2) is 0 Å². The van der Waals surface area contributed by atoms with Crippen molar-refractivity contribution in [1.82, 2.24) is 0 Å². The minimum atomic E-state index is -0.608. The molecule has 0 aromatic heterocycles. The van der Waals surface area contributed by atoms with Crippen LogP contribution in [0.4, 0.5) is 0 Å². The minimum absolute atomic E-state index is 0.110. The highest BCUT2D eigenvalue weighted by Gasteiger charge is 2.37. The molecule has 2 aliphatic heterocycles. The zero-order chi connectivity index (χ0) is 18.0. The van der Waals surface area contributed by atoms with Gasteiger partial charge >= 0.3 is 0 Å². The van der Waals surface area contributed by atoms with Gasteiger partial charge in [-0.15, -0.1) is 0 Å². The van der Waals surface area contributed by atoms with Gasteiger partial charge in [-0.3, -0.25) is 0 Å². The number of ether oxygens (including phenoxy) is 6. The summed E-state index contributed by atoms with van der Waals surface area (Å²) in [7, 11) is 0. The zero-order valence-corrected chi connectivity index (χ0v) is 15.7. The number of hydrogen-bond acceptors (Lipinski definition) is 7. The van der Waals surface area contributed by atoms with Crippen LogP contribution in [0.3, 0.4) is 0 Å². The van der Waals surface area contributed by atoms with Gasteiger partial charge in [0.2, 0.25) is 0 Å². The molecule has 0 radical (unpaired) electrons. The van der Waals surface area contributed by atoms with Crippen molar-refractivity contribution in [2.45, 2.75) is 26.4 Å². The first kappa shape index (κ1) is 21.0. The highest BCUT2D eigenvalue weighted by Crippen LogP contribution is 2.31. The summed E-state index contributed by atoms with van der Waals surface area (Å²) in [5, 5.41) is 9.79. The third kappa shape index (κ3) is 7.46. The molecular weight excluding hydrogens is 328 g/mol. The molecule has 7 nitrogen and oxygen atoms in total. The minimum Gasteiger partial charge on any atom is -0.388 e. The van der Waals surface area contributed by atoms with Crippen LogP contribution in [0.15, 0.2) is 0 Å². The monoisotopic (exact) mass is 362 g/mol. The summed E-state index contributed by atoms with van der Waals surface area (Å²) in [5.41, 5.74) is 0.337. The highest BCUT2D eigenvalue weighted by molar-refractivity contribution is 4.83. The average molecular weight is 362 g/mol. The van der Waals surface area contributed by atoms with Crippen molar-refractivity contribution in [1.29, 1.82) is 0 Å². The van der Waals surface area contributed by atoms with E-state index in [2.05, 4.69) is 13.8 Å². The molecule has 2 fully saturated rings. The molecule has 0 aliphatic carbocycles. The van der Waals surface area contributed by atoms with E-state index in [-0.39, 0.29) is 24.0 Å². The molecule has 1 unspecified atom stereocenters. The van der Waals surface area contributed by atoms with Crippen LogP contribution in [-0.4, -0.2) is 90.5 Å². The fraction of sp³-hybridized carbons (Fsp3) is 1.00. The molecule has 7 heteroatoms. The third-order valence-electron chi connectivity index (χ3n) is 4.69. The Morgan fingerprint density at radius 3 is 2.00 bits per heavy atom. The Morgan fingerprint density at radius 2 is 1.44 bits per heavy atom. The van der Waals surface area contributed by atoms with Crippen molar-refractivity contribution < 1.29 is 33.5 Å². The van der Waals surface area contributed by atoms with Gasteiger partial charge < -0.3 is 33.5 Å². The number of rotatable bonds is 15. The van der Waals surface area contributed by atoms with Crippen LogP contribution in [0.2, 0.25) is 0 Å². The second kappa shape index (κ2) is 10.8. The Hall–Kier alpha value is -0.280. The second-order valence-corrected chi connectivity index (χ2v) is 7.56. The van der Waals surface area contributed by atoms with Crippen LogP contribution in [0.5, 0.6) is 0 Å². The molecule has 0 spiro atoms. The molecule has 0 saturated carbocycles. The summed E-state index contributed by atoms with van der Waals surface area (Å²) >= 11 is 0. The van der Waals surface area contributed by atoms with Gasteiger partial charge in [0, 0.05) is 10.8 Å². The van der Waals surface area contributed by atoms with E-state index in [1.807, 2.05) is 0 Å². The summed E-state index contributed by atoms with van der Waals surface area (Å²) in [6.07, 6.45) is 0.476. The predicted molar refractivity (Wildman–Crippen MR) is 91.8 cm³/mol. The van der Waals surface area contributed by atoms with Crippen molar-refractivity contribution in [3.63, 3.8) is 0 Å². The third-order valence-corrected chi connectivity index (χ3v) is 4.69. The lowest BCUT2D eigenvalue weighted by atomic mass is 9.84. The van der Waals surface area contributed by atoms with E-state index in [4.69, 9.17) is 28.4 Å². The van der Waals surface area contributed by atoms with Gasteiger partial charge in [0.15, 0.2) is 0 Å². The molecule has 2 rings (SSSR count). The smallest absolute Gasteiger partial charge is 0.101 e. The summed E-state index contributed by atoms with van der Waals surface area (Å²) in [6.45, 7) is 11.3. The Morgan fingerprint density at radius 1 is 0.840 bits per heavy atom. The quantitative estimate of drug-likeness (QED) is 0.433. The summed E-state index contributed by atoms with van der Waals surface area (Å²) < 4.78 is 32.4. The maximum Gasteiger partial charge on any atom is 0.101 e. The fourth-order valence-electron chi connectivity index (χ4n) is 2.65. The van der Waals surface area contributed by atoms with E-state index >= 15 is 0 Å². The molecule has 0 bridgehead atoms. The van der Waals surface area contributed by atoms with Gasteiger partial charge in [0.05, 0.1) is 79.3 Å². The summed E-state index contributed by atoms with van der Waals surface area (Å²) in [5.74, 6) is 0. The maximum atomic E-state index is 9.79. The van der Waals surface area contributed by atoms with Crippen LogP contribution in [0, 0.1) is 10.8 Å². The van der Waals surface area contributed by atoms with Crippen LogP contribution < -0.4 is 0 Å². The van der Waals surface area contributed by atoms with Crippen LogP contribution >= 0.6 is 0 Å². The fourth-order valence-corrected chi connectivity index (χ4v) is 2.65. The van der Waals surface area contributed by atoms with Crippen molar-refractivity contribution in [2.75, 3.05) is 79.3 Å². The van der Waals surface area contributed by atoms with Crippen LogP contribution in [0.25, 0.3) is 0 Å². The van der Waals surface area contributed by atoms with Crippen LogP contribution in [0.1, 0.15) is 20.3 Å². The van der Waals surface area contributed by atoms with E-state index in [0.717, 1.165) is 39.5 Å². The largest absolute Gasteiger partial charge is 0.388 e. The SMILES string of the molecule is CCC1(COCCOCCOCC(O)COCC2(C)COC2)COC1. The Labute approximate surface area is 150 Å². The van der Waals surface area contributed by atoms with Gasteiger partial charge in [-0.1, -0.05) is 13.8 Å². The van der Waals surface area contributed by atoms with Crippen molar-refractivity contribution in [3.05, 3.63) is 0 Å². The Kier molecular flexibility index (Phi) is 9.06. The molecule has 2 aliphatic rings. The molecule has 0 aromatic carbocycles. The second-order valence-electron chi connectivity index (χ2n) is 7.56.